The average molecular weight is 189 g/mol. The highest BCUT2D eigenvalue weighted by atomic mass is 16.7. The molecule has 0 N–H and O–H groups in total. The molecule has 0 spiro atoms. The van der Waals surface area contributed by atoms with Crippen LogP contribution in [0, 0.1) is 5.92 Å². The summed E-state index contributed by atoms with van der Waals surface area (Å²) in [5, 5.41) is 3.66. The van der Waals surface area contributed by atoms with Crippen LogP contribution in [0.3, 0.4) is 0 Å². The Hall–Kier alpha value is -1.64. The lowest BCUT2D eigenvalue weighted by molar-refractivity contribution is -0.143. The van der Waals surface area contributed by atoms with Gasteiger partial charge in [0.15, 0.2) is 0 Å². The van der Waals surface area contributed by atoms with E-state index in [2.05, 4.69) is 9.99 Å². The Labute approximate surface area is 82.4 Å². The minimum atomic E-state index is -0.244. The molecule has 1 unspecified atom stereocenters. The average Bonchev–Trinajstić information content (AvgIpc) is 2.51. The first-order valence-electron chi connectivity index (χ1n) is 4.56. The summed E-state index contributed by atoms with van der Waals surface area (Å²) in [5.41, 5.74) is 1.89. The highest BCUT2D eigenvalue weighted by Crippen LogP contribution is 2.17. The summed E-state index contributed by atoms with van der Waals surface area (Å²) in [6, 6.07) is 9.87. The number of hydrogen-bond donors (Lipinski definition) is 0. The first-order valence-corrected chi connectivity index (χ1v) is 4.56. The smallest absolute Gasteiger partial charge is 0.318 e. The third-order valence-corrected chi connectivity index (χ3v) is 2.35. The van der Waals surface area contributed by atoms with Crippen LogP contribution in [0.5, 0.6) is 0 Å². The minimum Gasteiger partial charge on any atom is -0.318 e. The van der Waals surface area contributed by atoms with Crippen molar-refractivity contribution in [1.29, 1.82) is 0 Å². The zero-order valence-electron chi connectivity index (χ0n) is 7.93. The van der Waals surface area contributed by atoms with Crippen LogP contribution in [0.1, 0.15) is 12.5 Å². The Kier molecular flexibility index (Phi) is 2.31. The number of rotatable bonds is 2. The summed E-state index contributed by atoms with van der Waals surface area (Å²) in [4.78, 5) is 15.9. The van der Waals surface area contributed by atoms with Gasteiger partial charge in [0.2, 0.25) is 0 Å². The van der Waals surface area contributed by atoms with Gasteiger partial charge in [-0.15, -0.1) is 0 Å². The Morgan fingerprint density at radius 1 is 1.36 bits per heavy atom. The quantitative estimate of drug-likeness (QED) is 0.665. The SMILES string of the molecule is CC1=NOC(=O)C1Cc1ccccc1. The van der Waals surface area contributed by atoms with Crippen molar-refractivity contribution >= 4 is 11.7 Å². The number of oxime groups is 1. The predicted molar refractivity (Wildman–Crippen MR) is 52.8 cm³/mol. The van der Waals surface area contributed by atoms with Crippen LogP contribution in [0.25, 0.3) is 0 Å². The first-order chi connectivity index (χ1) is 6.77. The third kappa shape index (κ3) is 1.66. The van der Waals surface area contributed by atoms with E-state index in [1.54, 1.807) is 0 Å². The standard InChI is InChI=1S/C11H11NO2/c1-8-10(11(13)14-12-8)7-9-5-3-2-4-6-9/h2-6,10H,7H2,1H3. The van der Waals surface area contributed by atoms with Crippen molar-refractivity contribution in [3.63, 3.8) is 0 Å². The molecular weight excluding hydrogens is 178 g/mol. The van der Waals surface area contributed by atoms with E-state index in [4.69, 9.17) is 0 Å². The zero-order valence-corrected chi connectivity index (χ0v) is 7.93. The molecular formula is C11H11NO2. The lowest BCUT2D eigenvalue weighted by Gasteiger charge is -2.05. The third-order valence-electron chi connectivity index (χ3n) is 2.35. The summed E-state index contributed by atoms with van der Waals surface area (Å²) in [5.74, 6) is -0.441. The lowest BCUT2D eigenvalue weighted by atomic mass is 9.96. The summed E-state index contributed by atoms with van der Waals surface area (Å²) in [7, 11) is 0. The van der Waals surface area contributed by atoms with Crippen LogP contribution in [0.2, 0.25) is 0 Å². The van der Waals surface area contributed by atoms with Gasteiger partial charge in [-0.05, 0) is 18.9 Å². The van der Waals surface area contributed by atoms with E-state index < -0.39 is 0 Å². The van der Waals surface area contributed by atoms with Gasteiger partial charge in [0.25, 0.3) is 0 Å². The Balaban J connectivity index is 2.12. The fraction of sp³-hybridized carbons (Fsp3) is 0.273. The van der Waals surface area contributed by atoms with E-state index in [0.717, 1.165) is 11.3 Å². The monoisotopic (exact) mass is 189 g/mol. The number of benzene rings is 1. The Bertz CT molecular complexity index is 370. The fourth-order valence-electron chi connectivity index (χ4n) is 1.50. The normalized spacial score (nSPS) is 20.5. The second-order valence-corrected chi connectivity index (χ2v) is 3.39. The van der Waals surface area contributed by atoms with Crippen molar-refractivity contribution in [3.05, 3.63) is 35.9 Å². The fourth-order valence-corrected chi connectivity index (χ4v) is 1.50. The molecule has 0 saturated carbocycles. The van der Waals surface area contributed by atoms with E-state index in [1.807, 2.05) is 37.3 Å². The van der Waals surface area contributed by atoms with E-state index in [1.165, 1.54) is 0 Å². The number of nitrogens with zero attached hydrogens (tertiary/aromatic N) is 1. The van der Waals surface area contributed by atoms with Crippen molar-refractivity contribution in [3.8, 4) is 0 Å². The Morgan fingerprint density at radius 3 is 2.64 bits per heavy atom. The molecule has 2 rings (SSSR count). The molecule has 1 atom stereocenters. The molecule has 1 aromatic carbocycles. The molecule has 14 heavy (non-hydrogen) atoms. The van der Waals surface area contributed by atoms with Crippen LogP contribution in [0.4, 0.5) is 0 Å². The Morgan fingerprint density at radius 2 is 2.07 bits per heavy atom. The molecule has 3 nitrogen and oxygen atoms in total. The molecule has 0 aliphatic carbocycles. The summed E-state index contributed by atoms with van der Waals surface area (Å²) in [6.07, 6.45) is 0.676. The van der Waals surface area contributed by atoms with Crippen LogP contribution >= 0.6 is 0 Å². The van der Waals surface area contributed by atoms with E-state index in [-0.39, 0.29) is 11.9 Å². The molecule has 1 aliphatic heterocycles. The van der Waals surface area contributed by atoms with Gasteiger partial charge in [0.1, 0.15) is 5.92 Å². The van der Waals surface area contributed by atoms with Crippen LogP contribution < -0.4 is 0 Å². The van der Waals surface area contributed by atoms with Gasteiger partial charge in [-0.2, -0.15) is 0 Å². The topological polar surface area (TPSA) is 38.7 Å². The van der Waals surface area contributed by atoms with Crippen LogP contribution in [-0.4, -0.2) is 11.7 Å². The molecule has 72 valence electrons. The molecule has 0 amide bonds. The second kappa shape index (κ2) is 3.62. The maximum Gasteiger partial charge on any atom is 0.344 e. The van der Waals surface area contributed by atoms with E-state index in [0.29, 0.717) is 6.42 Å². The van der Waals surface area contributed by atoms with Gasteiger partial charge in [-0.1, -0.05) is 35.5 Å². The van der Waals surface area contributed by atoms with Crippen LogP contribution in [-0.2, 0) is 16.1 Å². The zero-order chi connectivity index (χ0) is 9.97. The molecule has 1 heterocycles. The molecule has 1 aromatic rings. The molecule has 0 fully saturated rings. The number of carbonyl (C=O) groups is 1. The molecule has 1 aliphatic rings. The van der Waals surface area contributed by atoms with Gasteiger partial charge < -0.3 is 4.84 Å². The van der Waals surface area contributed by atoms with E-state index >= 15 is 0 Å². The van der Waals surface area contributed by atoms with Gasteiger partial charge in [0.05, 0.1) is 5.71 Å². The summed E-state index contributed by atoms with van der Waals surface area (Å²) in [6.45, 7) is 1.82. The highest BCUT2D eigenvalue weighted by Gasteiger charge is 2.29. The van der Waals surface area contributed by atoms with Crippen molar-refractivity contribution < 1.29 is 9.63 Å². The molecule has 3 heteroatoms. The summed E-state index contributed by atoms with van der Waals surface area (Å²) < 4.78 is 0. The van der Waals surface area contributed by atoms with Crippen molar-refractivity contribution in [1.82, 2.24) is 0 Å². The number of hydrogen-bond acceptors (Lipinski definition) is 3. The van der Waals surface area contributed by atoms with Crippen LogP contribution in [0.15, 0.2) is 35.5 Å². The van der Waals surface area contributed by atoms with Gasteiger partial charge in [-0.25, -0.2) is 4.79 Å². The molecule has 0 saturated heterocycles. The van der Waals surface area contributed by atoms with E-state index in [9.17, 15) is 4.79 Å². The number of carbonyl (C=O) groups excluding carboxylic acids is 1. The minimum absolute atomic E-state index is 0.197. The summed E-state index contributed by atoms with van der Waals surface area (Å²) >= 11 is 0. The molecule has 0 aromatic heterocycles. The second-order valence-electron chi connectivity index (χ2n) is 3.39. The predicted octanol–water partition coefficient (Wildman–Crippen LogP) is 1.78. The molecule has 0 bridgehead atoms. The van der Waals surface area contributed by atoms with Gasteiger partial charge in [0, 0.05) is 0 Å². The largest absolute Gasteiger partial charge is 0.344 e. The first kappa shape index (κ1) is 8.94. The van der Waals surface area contributed by atoms with Gasteiger partial charge >= 0.3 is 5.97 Å². The molecule has 0 radical (unpaired) electrons. The van der Waals surface area contributed by atoms with Crippen molar-refractivity contribution in [2.24, 2.45) is 11.1 Å². The lowest BCUT2D eigenvalue weighted by Crippen LogP contribution is -2.18. The highest BCUT2D eigenvalue weighted by molar-refractivity contribution is 6.03. The van der Waals surface area contributed by atoms with Crippen molar-refractivity contribution in [2.75, 3.05) is 0 Å². The maximum absolute atomic E-state index is 11.3. The van der Waals surface area contributed by atoms with Crippen molar-refractivity contribution in [2.45, 2.75) is 13.3 Å². The maximum atomic E-state index is 11.3. The van der Waals surface area contributed by atoms with Gasteiger partial charge in [-0.3, -0.25) is 0 Å².